The molecule has 0 bridgehead atoms. The number of imide groups is 1. The normalized spacial score (nSPS) is 18.4. The first kappa shape index (κ1) is 24.6. The van der Waals surface area contributed by atoms with Crippen molar-refractivity contribution in [3.8, 4) is 0 Å². The summed E-state index contributed by atoms with van der Waals surface area (Å²) in [5.41, 5.74) is 3.28. The summed E-state index contributed by atoms with van der Waals surface area (Å²) in [4.78, 5) is 48.3. The molecule has 3 amide bonds. The van der Waals surface area contributed by atoms with Crippen molar-refractivity contribution in [2.75, 3.05) is 37.6 Å². The van der Waals surface area contributed by atoms with Crippen molar-refractivity contribution in [1.82, 2.24) is 9.80 Å². The van der Waals surface area contributed by atoms with Gasteiger partial charge in [-0.05, 0) is 59.4 Å². The molecule has 0 aliphatic carbocycles. The molecule has 0 saturated carbocycles. The van der Waals surface area contributed by atoms with Crippen LogP contribution >= 0.6 is 23.5 Å². The Morgan fingerprint density at radius 3 is 2.53 bits per heavy atom. The predicted octanol–water partition coefficient (Wildman–Crippen LogP) is 5.04. The molecule has 2 fully saturated rings. The van der Waals surface area contributed by atoms with Crippen LogP contribution in [-0.4, -0.2) is 64.6 Å². The molecule has 3 aliphatic heterocycles. The fourth-order valence-corrected chi connectivity index (χ4v) is 6.30. The highest BCUT2D eigenvalue weighted by Crippen LogP contribution is 2.36. The summed E-state index contributed by atoms with van der Waals surface area (Å²) in [6.07, 6.45) is 2.31. The first-order valence-corrected chi connectivity index (χ1v) is 13.9. The van der Waals surface area contributed by atoms with Gasteiger partial charge in [-0.25, -0.2) is 4.99 Å². The number of para-hydroxylation sites is 2. The molecule has 2 aromatic carbocycles. The number of hydrogen-bond donors (Lipinski definition) is 0. The summed E-state index contributed by atoms with van der Waals surface area (Å²) in [6.45, 7) is 2.24. The van der Waals surface area contributed by atoms with Crippen molar-refractivity contribution < 1.29 is 18.8 Å². The Hall–Kier alpha value is -3.76. The average Bonchev–Trinajstić information content (AvgIpc) is 3.63. The second kappa shape index (κ2) is 10.5. The Morgan fingerprint density at radius 1 is 0.974 bits per heavy atom. The van der Waals surface area contributed by atoms with Crippen LogP contribution in [-0.2, 0) is 16.0 Å². The molecular weight excluding hydrogens is 520 g/mol. The Balaban J connectivity index is 1.05. The molecule has 6 rings (SSSR count). The van der Waals surface area contributed by atoms with Crippen LogP contribution in [0.15, 0.2) is 86.1 Å². The Kier molecular flexibility index (Phi) is 6.82. The van der Waals surface area contributed by atoms with E-state index in [1.54, 1.807) is 17.0 Å². The number of furan rings is 1. The van der Waals surface area contributed by atoms with Crippen LogP contribution in [0.1, 0.15) is 11.3 Å². The van der Waals surface area contributed by atoms with Gasteiger partial charge < -0.3 is 14.2 Å². The highest BCUT2D eigenvalue weighted by molar-refractivity contribution is 8.18. The molecule has 192 valence electrons. The van der Waals surface area contributed by atoms with Gasteiger partial charge in [-0.3, -0.25) is 19.3 Å². The zero-order valence-electron chi connectivity index (χ0n) is 20.4. The maximum Gasteiger partial charge on any atom is 0.294 e. The smallest absolute Gasteiger partial charge is 0.294 e. The molecule has 0 unspecified atom stereocenters. The molecule has 0 radical (unpaired) electrons. The lowest BCUT2D eigenvalue weighted by Gasteiger charge is -2.36. The molecule has 3 aromatic rings. The van der Waals surface area contributed by atoms with Crippen LogP contribution in [0.25, 0.3) is 6.08 Å². The zero-order chi connectivity index (χ0) is 26.1. The van der Waals surface area contributed by atoms with Gasteiger partial charge >= 0.3 is 0 Å². The average molecular weight is 545 g/mol. The molecule has 38 heavy (non-hydrogen) atoms. The number of anilines is 1. The minimum atomic E-state index is -0.475. The van der Waals surface area contributed by atoms with Gasteiger partial charge in [0.05, 0.1) is 15.6 Å². The standard InChI is InChI=1S/C28H24N4O4S2/c33-25(31-14-12-30(13-15-31)20-7-2-1-3-8-20)18-32-27(34)23(37-28(32)35)17-21-10-11-26(36-21)38-24-16-19-6-4-5-9-22(19)29-24/h1-11,17H,12-16,18H2. The third-order valence-corrected chi connectivity index (χ3v) is 8.39. The highest BCUT2D eigenvalue weighted by Gasteiger charge is 2.37. The van der Waals surface area contributed by atoms with E-state index in [0.29, 0.717) is 37.0 Å². The van der Waals surface area contributed by atoms with Gasteiger partial charge in [0.25, 0.3) is 11.1 Å². The minimum Gasteiger partial charge on any atom is -0.450 e. The summed E-state index contributed by atoms with van der Waals surface area (Å²) >= 11 is 2.27. The van der Waals surface area contributed by atoms with Crippen LogP contribution in [0.3, 0.4) is 0 Å². The molecular formula is C28H24N4O4S2. The Morgan fingerprint density at radius 2 is 1.74 bits per heavy atom. The van der Waals surface area contributed by atoms with Crippen molar-refractivity contribution >= 4 is 63.1 Å². The Bertz CT molecular complexity index is 1460. The lowest BCUT2D eigenvalue weighted by molar-refractivity contribution is -0.136. The molecule has 1 aromatic heterocycles. The second-order valence-corrected chi connectivity index (χ2v) is 11.1. The third kappa shape index (κ3) is 5.14. The van der Waals surface area contributed by atoms with Crippen LogP contribution in [0.4, 0.5) is 16.2 Å². The van der Waals surface area contributed by atoms with Crippen molar-refractivity contribution in [1.29, 1.82) is 0 Å². The lowest BCUT2D eigenvalue weighted by Crippen LogP contribution is -2.51. The number of carbonyl (C=O) groups excluding carboxylic acids is 3. The van der Waals surface area contributed by atoms with Crippen molar-refractivity contribution in [3.05, 3.63) is 83.0 Å². The van der Waals surface area contributed by atoms with E-state index >= 15 is 0 Å². The summed E-state index contributed by atoms with van der Waals surface area (Å²) in [7, 11) is 0. The van der Waals surface area contributed by atoms with Gasteiger partial charge in [0.15, 0.2) is 5.09 Å². The van der Waals surface area contributed by atoms with Crippen molar-refractivity contribution in [2.24, 2.45) is 4.99 Å². The predicted molar refractivity (Wildman–Crippen MR) is 150 cm³/mol. The van der Waals surface area contributed by atoms with Gasteiger partial charge in [-0.2, -0.15) is 0 Å². The first-order valence-electron chi connectivity index (χ1n) is 12.3. The molecule has 10 heteroatoms. The number of hydrogen-bond acceptors (Lipinski definition) is 8. The Labute approximate surface area is 228 Å². The summed E-state index contributed by atoms with van der Waals surface area (Å²) in [6, 6.07) is 21.7. The van der Waals surface area contributed by atoms with Gasteiger partial charge in [0, 0.05) is 44.4 Å². The van der Waals surface area contributed by atoms with E-state index in [1.807, 2.05) is 54.6 Å². The molecule has 3 aliphatic rings. The lowest BCUT2D eigenvalue weighted by atomic mass is 10.2. The zero-order valence-corrected chi connectivity index (χ0v) is 22.0. The highest BCUT2D eigenvalue weighted by atomic mass is 32.2. The molecule has 2 saturated heterocycles. The first-order chi connectivity index (χ1) is 18.5. The summed E-state index contributed by atoms with van der Waals surface area (Å²) < 4.78 is 5.88. The monoisotopic (exact) mass is 544 g/mol. The molecule has 0 spiro atoms. The number of aliphatic imine (C=N–C) groups is 1. The fraction of sp³-hybridized carbons (Fsp3) is 0.214. The number of benzene rings is 2. The number of piperazine rings is 1. The van der Waals surface area contributed by atoms with E-state index < -0.39 is 11.1 Å². The number of nitrogens with zero attached hydrogens (tertiary/aromatic N) is 4. The van der Waals surface area contributed by atoms with Gasteiger partial charge in [-0.1, -0.05) is 36.4 Å². The van der Waals surface area contributed by atoms with E-state index in [0.717, 1.165) is 39.5 Å². The summed E-state index contributed by atoms with van der Waals surface area (Å²) in [5.74, 6) is -0.230. The van der Waals surface area contributed by atoms with E-state index in [9.17, 15) is 14.4 Å². The van der Waals surface area contributed by atoms with Gasteiger partial charge in [-0.15, -0.1) is 0 Å². The molecule has 8 nitrogen and oxygen atoms in total. The molecule has 0 atom stereocenters. The van der Waals surface area contributed by atoms with E-state index in [2.05, 4.69) is 16.0 Å². The maximum atomic E-state index is 13.0. The van der Waals surface area contributed by atoms with E-state index in [-0.39, 0.29) is 17.4 Å². The minimum absolute atomic E-state index is 0.226. The topological polar surface area (TPSA) is 86.4 Å². The quantitative estimate of drug-likeness (QED) is 0.416. The summed E-state index contributed by atoms with van der Waals surface area (Å²) in [5, 5.41) is 1.15. The number of amides is 3. The van der Waals surface area contributed by atoms with Gasteiger partial charge in [0.2, 0.25) is 5.91 Å². The number of thioether (sulfide) groups is 2. The SMILES string of the molecule is O=C(CN1C(=O)SC(=Cc2ccc(SC3=Nc4ccccc4C3)o2)C1=O)N1CCN(c2ccccc2)CC1. The third-order valence-electron chi connectivity index (χ3n) is 6.59. The van der Waals surface area contributed by atoms with Crippen LogP contribution < -0.4 is 4.90 Å². The van der Waals surface area contributed by atoms with Crippen LogP contribution in [0.2, 0.25) is 0 Å². The maximum absolute atomic E-state index is 13.0. The van der Waals surface area contributed by atoms with E-state index in [4.69, 9.17) is 4.42 Å². The number of carbonyl (C=O) groups is 3. The van der Waals surface area contributed by atoms with Crippen molar-refractivity contribution in [2.45, 2.75) is 11.5 Å². The number of fused-ring (bicyclic) bond motifs is 1. The largest absolute Gasteiger partial charge is 0.450 e. The van der Waals surface area contributed by atoms with Crippen molar-refractivity contribution in [3.63, 3.8) is 0 Å². The molecule has 0 N–H and O–H groups in total. The van der Waals surface area contributed by atoms with Crippen LogP contribution in [0, 0.1) is 0 Å². The van der Waals surface area contributed by atoms with Crippen LogP contribution in [0.5, 0.6) is 0 Å². The second-order valence-electron chi connectivity index (χ2n) is 9.04. The van der Waals surface area contributed by atoms with Gasteiger partial charge in [0.1, 0.15) is 12.3 Å². The number of rotatable bonds is 5. The van der Waals surface area contributed by atoms with E-state index in [1.165, 1.54) is 17.3 Å². The fourth-order valence-electron chi connectivity index (χ4n) is 4.60. The molecule has 4 heterocycles.